The summed E-state index contributed by atoms with van der Waals surface area (Å²) < 4.78 is 5.32. The van der Waals surface area contributed by atoms with Gasteiger partial charge in [0.05, 0.1) is 19.1 Å². The Morgan fingerprint density at radius 2 is 2.15 bits per heavy atom. The number of ether oxygens (including phenoxy) is 1. The molecule has 0 spiro atoms. The summed E-state index contributed by atoms with van der Waals surface area (Å²) in [6, 6.07) is 3.21. The first-order valence-corrected chi connectivity index (χ1v) is 6.95. The first-order chi connectivity index (χ1) is 9.44. The minimum atomic E-state index is -0.713. The molecule has 1 aliphatic carbocycles. The maximum atomic E-state index is 12.3. The number of hydrogen-bond donors (Lipinski definition) is 2. The highest BCUT2D eigenvalue weighted by molar-refractivity contribution is 5.88. The number of ketones is 1. The van der Waals surface area contributed by atoms with Crippen LogP contribution >= 0.6 is 0 Å². The van der Waals surface area contributed by atoms with Crippen molar-refractivity contribution in [2.75, 3.05) is 13.7 Å². The number of carbonyl (C=O) groups excluding carboxylic acids is 1. The Bertz CT molecular complexity index is 523. The summed E-state index contributed by atoms with van der Waals surface area (Å²) in [6.07, 6.45) is 1.80. The first kappa shape index (κ1) is 14.9. The third kappa shape index (κ3) is 2.29. The fraction of sp³-hybridized carbons (Fsp3) is 0.562. The van der Waals surface area contributed by atoms with Crippen LogP contribution in [-0.2, 0) is 11.2 Å². The maximum absolute atomic E-state index is 12.3. The molecule has 0 heterocycles. The minimum Gasteiger partial charge on any atom is -0.508 e. The summed E-state index contributed by atoms with van der Waals surface area (Å²) in [4.78, 5) is 12.3. The number of aromatic hydroxyl groups is 1. The second kappa shape index (κ2) is 5.44. The van der Waals surface area contributed by atoms with Crippen molar-refractivity contribution in [2.45, 2.75) is 33.1 Å². The average Bonchev–Trinajstić information content (AvgIpc) is 2.69. The summed E-state index contributed by atoms with van der Waals surface area (Å²) in [5.41, 5.74) is 1.05. The molecular weight excluding hydrogens is 256 g/mol. The summed E-state index contributed by atoms with van der Waals surface area (Å²) in [5, 5.41) is 19.5. The van der Waals surface area contributed by atoms with Crippen LogP contribution in [0.15, 0.2) is 12.1 Å². The third-order valence-electron chi connectivity index (χ3n) is 4.71. The van der Waals surface area contributed by atoms with E-state index in [0.29, 0.717) is 18.6 Å². The number of phenolic OH excluding ortho intramolecular Hbond substituents is 1. The maximum Gasteiger partial charge on any atom is 0.141 e. The lowest BCUT2D eigenvalue weighted by Crippen LogP contribution is -2.37. The number of hydrogen-bond acceptors (Lipinski definition) is 4. The molecule has 0 aromatic heterocycles. The average molecular weight is 278 g/mol. The molecule has 1 fully saturated rings. The number of aryl methyl sites for hydroxylation is 1. The molecule has 20 heavy (non-hydrogen) atoms. The highest BCUT2D eigenvalue weighted by atomic mass is 16.5. The summed E-state index contributed by atoms with van der Waals surface area (Å²) in [5.74, 6) is 0.995. The van der Waals surface area contributed by atoms with Gasteiger partial charge in [0, 0.05) is 12.5 Å². The smallest absolute Gasteiger partial charge is 0.141 e. The molecule has 2 N–H and O–H groups in total. The van der Waals surface area contributed by atoms with Crippen molar-refractivity contribution < 1.29 is 19.7 Å². The molecule has 0 unspecified atom stereocenters. The predicted octanol–water partition coefficient (Wildman–Crippen LogP) is 2.23. The lowest BCUT2D eigenvalue weighted by molar-refractivity contribution is -0.129. The third-order valence-corrected chi connectivity index (χ3v) is 4.71. The van der Waals surface area contributed by atoms with Crippen LogP contribution in [0.4, 0.5) is 0 Å². The van der Waals surface area contributed by atoms with Gasteiger partial charge < -0.3 is 14.9 Å². The van der Waals surface area contributed by atoms with Crippen molar-refractivity contribution in [2.24, 2.45) is 11.3 Å². The molecule has 1 aliphatic rings. The molecule has 1 saturated carbocycles. The summed E-state index contributed by atoms with van der Waals surface area (Å²) in [6.45, 7) is 3.76. The molecule has 1 aromatic carbocycles. The largest absolute Gasteiger partial charge is 0.508 e. The number of aliphatic hydroxyl groups excluding tert-OH is 1. The van der Waals surface area contributed by atoms with Crippen LogP contribution in [0.1, 0.15) is 30.9 Å². The zero-order chi connectivity index (χ0) is 14.9. The SMILES string of the molecule is COc1cc(O)cc(C)c1C[C@]1(CO)C(=O)CC[C@H]1C. The normalized spacial score (nSPS) is 26.0. The topological polar surface area (TPSA) is 66.8 Å². The second-order valence-electron chi connectivity index (χ2n) is 5.80. The van der Waals surface area contributed by atoms with E-state index in [1.54, 1.807) is 19.2 Å². The van der Waals surface area contributed by atoms with Gasteiger partial charge in [-0.25, -0.2) is 0 Å². The molecule has 2 rings (SSSR count). The molecule has 4 nitrogen and oxygen atoms in total. The first-order valence-electron chi connectivity index (χ1n) is 6.95. The van der Waals surface area contributed by atoms with Gasteiger partial charge in [0.15, 0.2) is 0 Å². The lowest BCUT2D eigenvalue weighted by atomic mass is 9.73. The van der Waals surface area contributed by atoms with Crippen molar-refractivity contribution in [3.05, 3.63) is 23.3 Å². The number of methoxy groups -OCH3 is 1. The van der Waals surface area contributed by atoms with E-state index >= 15 is 0 Å². The molecular formula is C16H22O4. The van der Waals surface area contributed by atoms with E-state index in [-0.39, 0.29) is 24.1 Å². The van der Waals surface area contributed by atoms with Crippen LogP contribution in [0.5, 0.6) is 11.5 Å². The number of Topliss-reactive ketones (excluding diaryl/α,β-unsaturated/α-hetero) is 1. The van der Waals surface area contributed by atoms with Crippen LogP contribution < -0.4 is 4.74 Å². The predicted molar refractivity (Wildman–Crippen MR) is 76.0 cm³/mol. The van der Waals surface area contributed by atoms with Gasteiger partial charge in [-0.1, -0.05) is 6.92 Å². The number of carbonyl (C=O) groups is 1. The fourth-order valence-corrected chi connectivity index (χ4v) is 3.21. The molecule has 0 saturated heterocycles. The zero-order valence-corrected chi connectivity index (χ0v) is 12.3. The Morgan fingerprint density at radius 1 is 1.45 bits per heavy atom. The van der Waals surface area contributed by atoms with E-state index in [1.165, 1.54) is 0 Å². The quantitative estimate of drug-likeness (QED) is 0.886. The van der Waals surface area contributed by atoms with E-state index in [4.69, 9.17) is 4.74 Å². The van der Waals surface area contributed by atoms with E-state index in [1.807, 2.05) is 13.8 Å². The Morgan fingerprint density at radius 3 is 2.65 bits per heavy atom. The van der Waals surface area contributed by atoms with Crippen LogP contribution in [0.25, 0.3) is 0 Å². The van der Waals surface area contributed by atoms with Crippen molar-refractivity contribution in [1.29, 1.82) is 0 Å². The van der Waals surface area contributed by atoms with Gasteiger partial charge in [-0.3, -0.25) is 4.79 Å². The van der Waals surface area contributed by atoms with Gasteiger partial charge in [0.1, 0.15) is 17.3 Å². The number of rotatable bonds is 4. The highest BCUT2D eigenvalue weighted by Gasteiger charge is 2.47. The number of benzene rings is 1. The van der Waals surface area contributed by atoms with E-state index in [2.05, 4.69) is 0 Å². The van der Waals surface area contributed by atoms with Gasteiger partial charge in [-0.15, -0.1) is 0 Å². The zero-order valence-electron chi connectivity index (χ0n) is 12.3. The Balaban J connectivity index is 2.45. The highest BCUT2D eigenvalue weighted by Crippen LogP contribution is 2.45. The van der Waals surface area contributed by atoms with E-state index in [9.17, 15) is 15.0 Å². The van der Waals surface area contributed by atoms with Gasteiger partial charge in [0.2, 0.25) is 0 Å². The van der Waals surface area contributed by atoms with Gasteiger partial charge in [-0.2, -0.15) is 0 Å². The molecule has 0 radical (unpaired) electrons. The van der Waals surface area contributed by atoms with E-state index in [0.717, 1.165) is 17.5 Å². The molecule has 4 heteroatoms. The lowest BCUT2D eigenvalue weighted by Gasteiger charge is -2.31. The molecule has 2 atom stereocenters. The van der Waals surface area contributed by atoms with Gasteiger partial charge >= 0.3 is 0 Å². The van der Waals surface area contributed by atoms with Crippen molar-refractivity contribution in [3.8, 4) is 11.5 Å². The van der Waals surface area contributed by atoms with Crippen molar-refractivity contribution >= 4 is 5.78 Å². The van der Waals surface area contributed by atoms with Gasteiger partial charge in [0.25, 0.3) is 0 Å². The second-order valence-corrected chi connectivity index (χ2v) is 5.80. The van der Waals surface area contributed by atoms with Crippen LogP contribution in [0, 0.1) is 18.3 Å². The van der Waals surface area contributed by atoms with Crippen LogP contribution in [-0.4, -0.2) is 29.7 Å². The summed E-state index contributed by atoms with van der Waals surface area (Å²) >= 11 is 0. The van der Waals surface area contributed by atoms with Crippen molar-refractivity contribution in [3.63, 3.8) is 0 Å². The molecule has 0 amide bonds. The Kier molecular flexibility index (Phi) is 4.04. The van der Waals surface area contributed by atoms with E-state index < -0.39 is 5.41 Å². The number of aliphatic hydroxyl groups is 1. The fourth-order valence-electron chi connectivity index (χ4n) is 3.21. The Labute approximate surface area is 119 Å². The monoisotopic (exact) mass is 278 g/mol. The van der Waals surface area contributed by atoms with Gasteiger partial charge in [-0.05, 0) is 42.9 Å². The number of phenols is 1. The minimum absolute atomic E-state index is 0.127. The molecule has 0 aliphatic heterocycles. The van der Waals surface area contributed by atoms with Crippen LogP contribution in [0.2, 0.25) is 0 Å². The standard InChI is InChI=1S/C16H22O4/c1-10-6-12(18)7-14(20-3)13(10)8-16(9-17)11(2)4-5-15(16)19/h6-7,11,17-18H,4-5,8-9H2,1-3H3/t11-,16-/m1/s1. The molecule has 110 valence electrons. The summed E-state index contributed by atoms with van der Waals surface area (Å²) in [7, 11) is 1.54. The molecule has 0 bridgehead atoms. The van der Waals surface area contributed by atoms with Crippen molar-refractivity contribution in [1.82, 2.24) is 0 Å². The van der Waals surface area contributed by atoms with Crippen LogP contribution in [0.3, 0.4) is 0 Å². The molecule has 1 aromatic rings. The Hall–Kier alpha value is -1.55.